The molecular formula is C12H21N3O. The third-order valence-electron chi connectivity index (χ3n) is 2.67. The third kappa shape index (κ3) is 3.68. The van der Waals surface area contributed by atoms with Crippen LogP contribution in [0.5, 0.6) is 0 Å². The molecule has 90 valence electrons. The molecule has 0 aliphatic heterocycles. The molecule has 1 amide bonds. The highest BCUT2D eigenvalue weighted by Crippen LogP contribution is 2.08. The summed E-state index contributed by atoms with van der Waals surface area (Å²) in [5.74, 6) is 0.626. The normalized spacial score (nSPS) is 10.8. The van der Waals surface area contributed by atoms with E-state index in [1.807, 2.05) is 24.9 Å². The maximum atomic E-state index is 11.5. The van der Waals surface area contributed by atoms with Crippen molar-refractivity contribution in [1.82, 2.24) is 15.1 Å². The second-order valence-corrected chi connectivity index (χ2v) is 4.58. The van der Waals surface area contributed by atoms with Crippen LogP contribution in [0.2, 0.25) is 0 Å². The highest BCUT2D eigenvalue weighted by Gasteiger charge is 2.07. The number of aryl methyl sites for hydroxylation is 2. The quantitative estimate of drug-likeness (QED) is 0.821. The van der Waals surface area contributed by atoms with Crippen LogP contribution < -0.4 is 5.32 Å². The molecule has 0 unspecified atom stereocenters. The number of hydrogen-bond donors (Lipinski definition) is 1. The average Bonchev–Trinajstić information content (AvgIpc) is 2.54. The van der Waals surface area contributed by atoms with E-state index < -0.39 is 0 Å². The second kappa shape index (κ2) is 5.68. The third-order valence-corrected chi connectivity index (χ3v) is 2.67. The zero-order chi connectivity index (χ0) is 12.1. The second-order valence-electron chi connectivity index (χ2n) is 4.58. The van der Waals surface area contributed by atoms with Gasteiger partial charge in [-0.1, -0.05) is 13.8 Å². The summed E-state index contributed by atoms with van der Waals surface area (Å²) in [4.78, 5) is 11.5. The highest BCUT2D eigenvalue weighted by atomic mass is 16.1. The maximum absolute atomic E-state index is 11.5. The number of amides is 1. The SMILES string of the molecule is Cc1c(CCC(=O)NCC(C)C)cnn1C. The summed E-state index contributed by atoms with van der Waals surface area (Å²) in [5, 5.41) is 7.07. The Bertz CT molecular complexity index is 355. The van der Waals surface area contributed by atoms with Crippen molar-refractivity contribution in [3.8, 4) is 0 Å². The Morgan fingerprint density at radius 2 is 2.25 bits per heavy atom. The van der Waals surface area contributed by atoms with Crippen LogP contribution in [-0.2, 0) is 18.3 Å². The van der Waals surface area contributed by atoms with Crippen molar-refractivity contribution in [2.75, 3.05) is 6.54 Å². The van der Waals surface area contributed by atoms with E-state index in [4.69, 9.17) is 0 Å². The lowest BCUT2D eigenvalue weighted by Crippen LogP contribution is -2.27. The molecule has 0 atom stereocenters. The molecule has 0 saturated carbocycles. The van der Waals surface area contributed by atoms with E-state index >= 15 is 0 Å². The highest BCUT2D eigenvalue weighted by molar-refractivity contribution is 5.76. The van der Waals surface area contributed by atoms with Crippen LogP contribution in [0.15, 0.2) is 6.20 Å². The zero-order valence-electron chi connectivity index (χ0n) is 10.6. The van der Waals surface area contributed by atoms with Crippen LogP contribution in [0.25, 0.3) is 0 Å². The Morgan fingerprint density at radius 1 is 1.56 bits per heavy atom. The van der Waals surface area contributed by atoms with E-state index in [1.165, 1.54) is 0 Å². The fraction of sp³-hybridized carbons (Fsp3) is 0.667. The molecule has 0 radical (unpaired) electrons. The molecule has 1 aromatic heterocycles. The van der Waals surface area contributed by atoms with E-state index in [-0.39, 0.29) is 5.91 Å². The molecule has 0 saturated heterocycles. The van der Waals surface area contributed by atoms with Gasteiger partial charge in [-0.3, -0.25) is 9.48 Å². The monoisotopic (exact) mass is 223 g/mol. The molecule has 0 aliphatic rings. The predicted molar refractivity (Wildman–Crippen MR) is 64.1 cm³/mol. The molecule has 1 N–H and O–H groups in total. The van der Waals surface area contributed by atoms with E-state index in [1.54, 1.807) is 0 Å². The Kier molecular flexibility index (Phi) is 4.52. The smallest absolute Gasteiger partial charge is 0.220 e. The fourth-order valence-corrected chi connectivity index (χ4v) is 1.44. The number of nitrogens with one attached hydrogen (secondary N) is 1. The summed E-state index contributed by atoms with van der Waals surface area (Å²) in [6.45, 7) is 6.95. The first kappa shape index (κ1) is 12.7. The molecule has 4 nitrogen and oxygen atoms in total. The first-order valence-electron chi connectivity index (χ1n) is 5.75. The molecule has 0 fully saturated rings. The molecule has 1 aromatic rings. The molecule has 16 heavy (non-hydrogen) atoms. The standard InChI is InChI=1S/C12H21N3O/c1-9(2)7-13-12(16)6-5-11-8-14-15(4)10(11)3/h8-9H,5-7H2,1-4H3,(H,13,16). The minimum absolute atomic E-state index is 0.122. The predicted octanol–water partition coefficient (Wildman–Crippen LogP) is 1.43. The van der Waals surface area contributed by atoms with Crippen LogP contribution in [0.1, 0.15) is 31.5 Å². The lowest BCUT2D eigenvalue weighted by Gasteiger charge is -2.07. The number of aromatic nitrogens is 2. The minimum atomic E-state index is 0.122. The summed E-state index contributed by atoms with van der Waals surface area (Å²) in [7, 11) is 1.91. The van der Waals surface area contributed by atoms with Gasteiger partial charge in [0.1, 0.15) is 0 Å². The topological polar surface area (TPSA) is 46.9 Å². The summed E-state index contributed by atoms with van der Waals surface area (Å²) >= 11 is 0. The van der Waals surface area contributed by atoms with Crippen molar-refractivity contribution in [2.45, 2.75) is 33.6 Å². The number of carbonyl (C=O) groups is 1. The van der Waals surface area contributed by atoms with Crippen LogP contribution >= 0.6 is 0 Å². The van der Waals surface area contributed by atoms with Gasteiger partial charge in [-0.05, 0) is 24.8 Å². The first-order chi connectivity index (χ1) is 7.50. The molecule has 0 spiro atoms. The Balaban J connectivity index is 2.34. The number of carbonyl (C=O) groups excluding carboxylic acids is 1. The lowest BCUT2D eigenvalue weighted by molar-refractivity contribution is -0.121. The maximum Gasteiger partial charge on any atom is 0.220 e. The van der Waals surface area contributed by atoms with Gasteiger partial charge in [-0.25, -0.2) is 0 Å². The van der Waals surface area contributed by atoms with Gasteiger partial charge in [0, 0.05) is 25.7 Å². The minimum Gasteiger partial charge on any atom is -0.356 e. The van der Waals surface area contributed by atoms with Gasteiger partial charge in [0.05, 0.1) is 6.20 Å². The number of nitrogens with zero attached hydrogens (tertiary/aromatic N) is 2. The van der Waals surface area contributed by atoms with Crippen molar-refractivity contribution in [2.24, 2.45) is 13.0 Å². The van der Waals surface area contributed by atoms with Gasteiger partial charge in [0.25, 0.3) is 0 Å². The molecule has 1 heterocycles. The van der Waals surface area contributed by atoms with Gasteiger partial charge in [-0.15, -0.1) is 0 Å². The zero-order valence-corrected chi connectivity index (χ0v) is 10.6. The largest absolute Gasteiger partial charge is 0.356 e. The molecule has 0 aromatic carbocycles. The summed E-state index contributed by atoms with van der Waals surface area (Å²) in [6.07, 6.45) is 3.15. The summed E-state index contributed by atoms with van der Waals surface area (Å²) < 4.78 is 1.83. The lowest BCUT2D eigenvalue weighted by atomic mass is 10.1. The number of rotatable bonds is 5. The summed E-state index contributed by atoms with van der Waals surface area (Å²) in [6, 6.07) is 0. The van der Waals surface area contributed by atoms with Crippen molar-refractivity contribution in [3.63, 3.8) is 0 Å². The van der Waals surface area contributed by atoms with Crippen molar-refractivity contribution < 1.29 is 4.79 Å². The van der Waals surface area contributed by atoms with Gasteiger partial charge in [0.2, 0.25) is 5.91 Å². The first-order valence-corrected chi connectivity index (χ1v) is 5.75. The van der Waals surface area contributed by atoms with Crippen LogP contribution in [0.4, 0.5) is 0 Å². The van der Waals surface area contributed by atoms with Crippen molar-refractivity contribution >= 4 is 5.91 Å². The molecule has 1 rings (SSSR count). The van der Waals surface area contributed by atoms with Gasteiger partial charge < -0.3 is 5.32 Å². The molecule has 0 bridgehead atoms. The molecule has 4 heteroatoms. The Labute approximate surface area is 97.0 Å². The fourth-order valence-electron chi connectivity index (χ4n) is 1.44. The van der Waals surface area contributed by atoms with Crippen molar-refractivity contribution in [3.05, 3.63) is 17.5 Å². The van der Waals surface area contributed by atoms with Crippen LogP contribution in [0.3, 0.4) is 0 Å². The number of hydrogen-bond acceptors (Lipinski definition) is 2. The Hall–Kier alpha value is -1.32. The summed E-state index contributed by atoms with van der Waals surface area (Å²) in [5.41, 5.74) is 2.29. The Morgan fingerprint density at radius 3 is 2.75 bits per heavy atom. The van der Waals surface area contributed by atoms with Gasteiger partial charge >= 0.3 is 0 Å². The van der Waals surface area contributed by atoms with E-state index in [0.29, 0.717) is 12.3 Å². The van der Waals surface area contributed by atoms with Crippen molar-refractivity contribution in [1.29, 1.82) is 0 Å². The van der Waals surface area contributed by atoms with E-state index in [2.05, 4.69) is 24.3 Å². The van der Waals surface area contributed by atoms with Crippen LogP contribution in [-0.4, -0.2) is 22.2 Å². The molecule has 0 aliphatic carbocycles. The average molecular weight is 223 g/mol. The molecular weight excluding hydrogens is 202 g/mol. The van der Waals surface area contributed by atoms with Crippen LogP contribution in [0, 0.1) is 12.8 Å². The van der Waals surface area contributed by atoms with Gasteiger partial charge in [0.15, 0.2) is 0 Å². The van der Waals surface area contributed by atoms with Gasteiger partial charge in [-0.2, -0.15) is 5.10 Å². The van der Waals surface area contributed by atoms with E-state index in [9.17, 15) is 4.79 Å². The van der Waals surface area contributed by atoms with E-state index in [0.717, 1.165) is 24.2 Å².